The van der Waals surface area contributed by atoms with Crippen LogP contribution in [0, 0.1) is 0 Å². The Hall–Kier alpha value is -3.30. The van der Waals surface area contributed by atoms with Gasteiger partial charge in [0.15, 0.2) is 17.3 Å². The van der Waals surface area contributed by atoms with Gasteiger partial charge in [0.2, 0.25) is 5.91 Å². The number of fused-ring (bicyclic) bond motifs is 1. The van der Waals surface area contributed by atoms with Crippen LogP contribution in [0.4, 0.5) is 0 Å². The molecule has 9 nitrogen and oxygen atoms in total. The highest BCUT2D eigenvalue weighted by molar-refractivity contribution is 6.02. The maximum absolute atomic E-state index is 14.2. The Morgan fingerprint density at radius 3 is 2.14 bits per heavy atom. The van der Waals surface area contributed by atoms with E-state index in [0.29, 0.717) is 67.5 Å². The Morgan fingerprint density at radius 2 is 1.56 bits per heavy atom. The Bertz CT molecular complexity index is 1130. The number of likely N-dealkylation sites (N-methyl/N-ethyl adjacent to an activating group) is 1. The Labute approximate surface area is 210 Å². The van der Waals surface area contributed by atoms with Crippen molar-refractivity contribution < 1.29 is 33.3 Å². The number of hydrogen-bond acceptors (Lipinski definition) is 7. The minimum atomic E-state index is -0.629. The molecular formula is C27H32N2O7. The Kier molecular flexibility index (Phi) is 6.53. The van der Waals surface area contributed by atoms with E-state index < -0.39 is 17.7 Å². The summed E-state index contributed by atoms with van der Waals surface area (Å²) in [5, 5.41) is 0. The molecule has 2 amide bonds. The summed E-state index contributed by atoms with van der Waals surface area (Å²) in [5.74, 6) is 0.192. The summed E-state index contributed by atoms with van der Waals surface area (Å²) in [6.07, 6.45) is 1.23. The van der Waals surface area contributed by atoms with Crippen LogP contribution in [0.5, 0.6) is 17.2 Å². The number of benzene rings is 2. The van der Waals surface area contributed by atoms with Crippen LogP contribution >= 0.6 is 0 Å². The lowest BCUT2D eigenvalue weighted by Gasteiger charge is -2.44. The first-order valence-electron chi connectivity index (χ1n) is 12.1. The molecule has 192 valence electrons. The van der Waals surface area contributed by atoms with Crippen LogP contribution in [0.25, 0.3) is 0 Å². The normalized spacial score (nSPS) is 22.9. The number of likely N-dealkylation sites (tertiary alicyclic amines) is 1. The van der Waals surface area contributed by atoms with Gasteiger partial charge >= 0.3 is 0 Å². The number of rotatable bonds is 5. The average molecular weight is 497 g/mol. The molecule has 0 bridgehead atoms. The third kappa shape index (κ3) is 4.06. The van der Waals surface area contributed by atoms with Crippen LogP contribution in [-0.4, -0.2) is 82.1 Å². The topological polar surface area (TPSA) is 86.8 Å². The van der Waals surface area contributed by atoms with Gasteiger partial charge < -0.3 is 33.5 Å². The number of carbonyl (C=O) groups excluding carboxylic acids is 2. The van der Waals surface area contributed by atoms with Gasteiger partial charge in [-0.2, -0.15) is 0 Å². The molecule has 3 aliphatic rings. The summed E-state index contributed by atoms with van der Waals surface area (Å²) in [6.45, 7) is 2.20. The third-order valence-corrected chi connectivity index (χ3v) is 7.55. The largest absolute Gasteiger partial charge is 0.497 e. The highest BCUT2D eigenvalue weighted by Gasteiger charge is 2.47. The fraction of sp³-hybridized carbons (Fsp3) is 0.481. The Morgan fingerprint density at radius 1 is 0.944 bits per heavy atom. The molecule has 5 rings (SSSR count). The van der Waals surface area contributed by atoms with Gasteiger partial charge in [-0.05, 0) is 35.4 Å². The van der Waals surface area contributed by atoms with E-state index in [4.69, 9.17) is 23.7 Å². The van der Waals surface area contributed by atoms with E-state index in [9.17, 15) is 9.59 Å². The zero-order valence-electron chi connectivity index (χ0n) is 21.1. The molecule has 2 atom stereocenters. The molecule has 1 spiro atoms. The number of methoxy groups -OCH3 is 3. The summed E-state index contributed by atoms with van der Waals surface area (Å²) in [6, 6.07) is 10.4. The van der Waals surface area contributed by atoms with Crippen molar-refractivity contribution in [1.82, 2.24) is 9.80 Å². The van der Waals surface area contributed by atoms with E-state index >= 15 is 0 Å². The predicted octanol–water partition coefficient (Wildman–Crippen LogP) is 2.99. The van der Waals surface area contributed by atoms with Crippen LogP contribution < -0.4 is 14.2 Å². The minimum Gasteiger partial charge on any atom is -0.497 e. The maximum atomic E-state index is 14.2. The molecule has 36 heavy (non-hydrogen) atoms. The molecule has 0 radical (unpaired) electrons. The number of nitrogens with zero attached hydrogens (tertiary/aromatic N) is 2. The molecule has 2 fully saturated rings. The third-order valence-electron chi connectivity index (χ3n) is 7.55. The number of hydrogen-bond donors (Lipinski definition) is 0. The lowest BCUT2D eigenvalue weighted by Crippen LogP contribution is -2.51. The summed E-state index contributed by atoms with van der Waals surface area (Å²) < 4.78 is 28.0. The smallest absolute Gasteiger partial charge is 0.254 e. The van der Waals surface area contributed by atoms with Gasteiger partial charge in [-0.15, -0.1) is 0 Å². The zero-order valence-corrected chi connectivity index (χ0v) is 21.1. The van der Waals surface area contributed by atoms with E-state index in [1.54, 1.807) is 38.3 Å². The number of amides is 2. The van der Waals surface area contributed by atoms with Crippen molar-refractivity contribution in [2.24, 2.45) is 0 Å². The quantitative estimate of drug-likeness (QED) is 0.629. The van der Waals surface area contributed by atoms with Gasteiger partial charge in [0, 0.05) is 38.5 Å². The second kappa shape index (κ2) is 9.63. The summed E-state index contributed by atoms with van der Waals surface area (Å²) in [5.41, 5.74) is 1.92. The van der Waals surface area contributed by atoms with Crippen molar-refractivity contribution in [2.45, 2.75) is 30.6 Å². The van der Waals surface area contributed by atoms with Gasteiger partial charge in [0.05, 0.1) is 46.5 Å². The van der Waals surface area contributed by atoms with Crippen LogP contribution in [0.2, 0.25) is 0 Å². The fourth-order valence-corrected chi connectivity index (χ4v) is 5.58. The maximum Gasteiger partial charge on any atom is 0.254 e. The van der Waals surface area contributed by atoms with Gasteiger partial charge in [-0.25, -0.2) is 0 Å². The summed E-state index contributed by atoms with van der Waals surface area (Å²) in [7, 11) is 6.42. The van der Waals surface area contributed by atoms with Crippen molar-refractivity contribution in [3.63, 3.8) is 0 Å². The minimum absolute atomic E-state index is 0.0449. The molecular weight excluding hydrogens is 464 g/mol. The number of carbonyl (C=O) groups is 2. The van der Waals surface area contributed by atoms with Crippen LogP contribution in [0.15, 0.2) is 36.4 Å². The molecule has 0 unspecified atom stereocenters. The second-order valence-corrected chi connectivity index (χ2v) is 9.34. The summed E-state index contributed by atoms with van der Waals surface area (Å²) in [4.78, 5) is 31.3. The van der Waals surface area contributed by atoms with E-state index in [1.807, 2.05) is 29.2 Å². The zero-order chi connectivity index (χ0) is 25.4. The first kappa shape index (κ1) is 24.4. The summed E-state index contributed by atoms with van der Waals surface area (Å²) >= 11 is 0. The van der Waals surface area contributed by atoms with Crippen LogP contribution in [0.1, 0.15) is 46.3 Å². The molecule has 2 aromatic rings. The monoisotopic (exact) mass is 496 g/mol. The SMILES string of the molecule is COc1ccc([C@H]2[C@@H](C(=O)N3CCC4(CC3)OCCO4)c3cc(OC)c(OC)cc3C(=O)N2C)cc1. The van der Waals surface area contributed by atoms with Gasteiger partial charge in [0.1, 0.15) is 5.75 Å². The second-order valence-electron chi connectivity index (χ2n) is 9.34. The first-order chi connectivity index (χ1) is 17.4. The van der Waals surface area contributed by atoms with Gasteiger partial charge in [-0.1, -0.05) is 12.1 Å². The average Bonchev–Trinajstić information content (AvgIpc) is 3.37. The molecule has 3 heterocycles. The van der Waals surface area contributed by atoms with E-state index in [1.165, 1.54) is 7.11 Å². The van der Waals surface area contributed by atoms with Gasteiger partial charge in [0.25, 0.3) is 5.91 Å². The molecule has 3 aliphatic heterocycles. The van der Waals surface area contributed by atoms with E-state index in [2.05, 4.69) is 0 Å². The lowest BCUT2D eigenvalue weighted by atomic mass is 9.78. The molecule has 2 saturated heterocycles. The number of piperidine rings is 1. The molecule has 2 aromatic carbocycles. The highest BCUT2D eigenvalue weighted by atomic mass is 16.7. The molecule has 0 saturated carbocycles. The predicted molar refractivity (Wildman–Crippen MR) is 131 cm³/mol. The number of ether oxygens (including phenoxy) is 5. The highest BCUT2D eigenvalue weighted by Crippen LogP contribution is 2.47. The van der Waals surface area contributed by atoms with Crippen molar-refractivity contribution in [3.05, 3.63) is 53.1 Å². The Balaban J connectivity index is 1.57. The van der Waals surface area contributed by atoms with Gasteiger partial charge in [-0.3, -0.25) is 9.59 Å². The fourth-order valence-electron chi connectivity index (χ4n) is 5.58. The molecule has 0 aromatic heterocycles. The van der Waals surface area contributed by atoms with E-state index in [-0.39, 0.29) is 11.8 Å². The van der Waals surface area contributed by atoms with Crippen molar-refractivity contribution in [3.8, 4) is 17.2 Å². The van der Waals surface area contributed by atoms with E-state index in [0.717, 1.165) is 5.56 Å². The van der Waals surface area contributed by atoms with Crippen molar-refractivity contribution in [1.29, 1.82) is 0 Å². The van der Waals surface area contributed by atoms with Crippen molar-refractivity contribution in [2.75, 3.05) is 54.7 Å². The van der Waals surface area contributed by atoms with Crippen LogP contribution in [0.3, 0.4) is 0 Å². The standard InChI is InChI=1S/C27H32N2O7/c1-28-24(17-5-7-18(32-2)8-6-17)23(19-15-21(33-3)22(34-4)16-20(19)25(28)30)26(31)29-11-9-27(10-12-29)35-13-14-36-27/h5-8,15-16,23-24H,9-14H2,1-4H3/t23-,24-/m0/s1. The molecule has 0 N–H and O–H groups in total. The molecule has 0 aliphatic carbocycles. The van der Waals surface area contributed by atoms with Crippen LogP contribution in [-0.2, 0) is 14.3 Å². The lowest BCUT2D eigenvalue weighted by molar-refractivity contribution is -0.188. The van der Waals surface area contributed by atoms with Crippen molar-refractivity contribution >= 4 is 11.8 Å². The molecule has 9 heteroatoms. The first-order valence-corrected chi connectivity index (χ1v) is 12.1.